The van der Waals surface area contributed by atoms with E-state index in [1.807, 2.05) is 13.8 Å². The molecule has 0 fully saturated rings. The number of aromatic carboxylic acids is 1. The molecule has 0 aliphatic heterocycles. The first-order valence-electron chi connectivity index (χ1n) is 6.72. The van der Waals surface area contributed by atoms with Gasteiger partial charge in [0.15, 0.2) is 11.6 Å². The molecule has 0 amide bonds. The SMILES string of the molecule is COC(Oc1cc(C(=O)O)c2c(c1F)CCC2)C(C)C. The molecule has 5 heteroatoms. The summed E-state index contributed by atoms with van der Waals surface area (Å²) in [6.07, 6.45) is 1.32. The first kappa shape index (κ1) is 14.8. The molecule has 4 nitrogen and oxygen atoms in total. The van der Waals surface area contributed by atoms with Crippen LogP contribution in [0.1, 0.15) is 41.8 Å². The summed E-state index contributed by atoms with van der Waals surface area (Å²) in [7, 11) is 1.48. The van der Waals surface area contributed by atoms with Crippen LogP contribution in [0.25, 0.3) is 0 Å². The molecule has 2 rings (SSSR count). The summed E-state index contributed by atoms with van der Waals surface area (Å²) >= 11 is 0. The number of hydrogen-bond acceptors (Lipinski definition) is 3. The van der Waals surface area contributed by atoms with Gasteiger partial charge in [-0.3, -0.25) is 0 Å². The van der Waals surface area contributed by atoms with Crippen molar-refractivity contribution in [2.24, 2.45) is 5.92 Å². The first-order chi connectivity index (χ1) is 9.45. The van der Waals surface area contributed by atoms with E-state index < -0.39 is 18.1 Å². The fourth-order valence-electron chi connectivity index (χ4n) is 2.57. The van der Waals surface area contributed by atoms with Crippen LogP contribution in [-0.2, 0) is 17.6 Å². The molecule has 110 valence electrons. The van der Waals surface area contributed by atoms with Crippen LogP contribution < -0.4 is 4.74 Å². The molecule has 1 aromatic carbocycles. The maximum absolute atomic E-state index is 14.4. The Morgan fingerprint density at radius 3 is 2.55 bits per heavy atom. The normalized spacial score (nSPS) is 15.2. The van der Waals surface area contributed by atoms with E-state index in [0.29, 0.717) is 24.0 Å². The summed E-state index contributed by atoms with van der Waals surface area (Å²) in [6.45, 7) is 3.77. The van der Waals surface area contributed by atoms with E-state index in [-0.39, 0.29) is 17.2 Å². The van der Waals surface area contributed by atoms with Gasteiger partial charge in [0.1, 0.15) is 0 Å². The Bertz CT molecular complexity index is 525. The van der Waals surface area contributed by atoms with Gasteiger partial charge in [-0.15, -0.1) is 0 Å². The van der Waals surface area contributed by atoms with Crippen molar-refractivity contribution in [1.82, 2.24) is 0 Å². The number of carboxylic acids is 1. The molecule has 1 N–H and O–H groups in total. The maximum Gasteiger partial charge on any atom is 0.336 e. The second kappa shape index (κ2) is 5.79. The van der Waals surface area contributed by atoms with E-state index in [2.05, 4.69) is 0 Å². The minimum atomic E-state index is -1.05. The number of carboxylic acid groups (broad SMARTS) is 1. The van der Waals surface area contributed by atoms with Gasteiger partial charge in [0, 0.05) is 13.0 Å². The molecule has 20 heavy (non-hydrogen) atoms. The minimum Gasteiger partial charge on any atom is -0.478 e. The molecule has 0 saturated heterocycles. The number of methoxy groups -OCH3 is 1. The predicted molar refractivity (Wildman–Crippen MR) is 71.6 cm³/mol. The Morgan fingerprint density at radius 2 is 2.00 bits per heavy atom. The van der Waals surface area contributed by atoms with E-state index >= 15 is 0 Å². The average molecular weight is 282 g/mol. The summed E-state index contributed by atoms with van der Waals surface area (Å²) in [4.78, 5) is 11.3. The van der Waals surface area contributed by atoms with Crippen LogP contribution >= 0.6 is 0 Å². The molecule has 0 spiro atoms. The van der Waals surface area contributed by atoms with E-state index in [0.717, 1.165) is 6.42 Å². The van der Waals surface area contributed by atoms with Gasteiger partial charge in [0.2, 0.25) is 6.29 Å². The highest BCUT2D eigenvalue weighted by Crippen LogP contribution is 2.34. The van der Waals surface area contributed by atoms with Gasteiger partial charge in [0.05, 0.1) is 5.56 Å². The highest BCUT2D eigenvalue weighted by Gasteiger charge is 2.27. The molecule has 1 atom stereocenters. The zero-order valence-electron chi connectivity index (χ0n) is 11.9. The van der Waals surface area contributed by atoms with Crippen molar-refractivity contribution in [1.29, 1.82) is 0 Å². The third-order valence-corrected chi connectivity index (χ3v) is 3.55. The van der Waals surface area contributed by atoms with Crippen LogP contribution in [-0.4, -0.2) is 24.5 Å². The first-order valence-corrected chi connectivity index (χ1v) is 6.72. The van der Waals surface area contributed by atoms with Gasteiger partial charge in [-0.2, -0.15) is 0 Å². The van der Waals surface area contributed by atoms with E-state index in [4.69, 9.17) is 9.47 Å². The van der Waals surface area contributed by atoms with Crippen LogP contribution in [0.3, 0.4) is 0 Å². The third-order valence-electron chi connectivity index (χ3n) is 3.55. The number of ether oxygens (including phenoxy) is 2. The van der Waals surface area contributed by atoms with Gasteiger partial charge in [-0.1, -0.05) is 13.8 Å². The van der Waals surface area contributed by atoms with Crippen LogP contribution in [0, 0.1) is 11.7 Å². The number of rotatable bonds is 5. The third kappa shape index (κ3) is 2.63. The molecule has 1 aliphatic rings. The second-order valence-electron chi connectivity index (χ2n) is 5.32. The highest BCUT2D eigenvalue weighted by molar-refractivity contribution is 5.90. The number of carbonyl (C=O) groups is 1. The fourth-order valence-corrected chi connectivity index (χ4v) is 2.57. The molecule has 0 heterocycles. The molecule has 1 unspecified atom stereocenters. The van der Waals surface area contributed by atoms with Crippen molar-refractivity contribution in [3.63, 3.8) is 0 Å². The highest BCUT2D eigenvalue weighted by atomic mass is 19.1. The van der Waals surface area contributed by atoms with Crippen LogP contribution in [0.15, 0.2) is 6.07 Å². The Morgan fingerprint density at radius 1 is 1.35 bits per heavy atom. The lowest BCUT2D eigenvalue weighted by molar-refractivity contribution is -0.0851. The molecule has 0 aromatic heterocycles. The molecule has 1 aliphatic carbocycles. The van der Waals surface area contributed by atoms with Gasteiger partial charge in [0.25, 0.3) is 0 Å². The molecule has 0 radical (unpaired) electrons. The fraction of sp³-hybridized carbons (Fsp3) is 0.533. The van der Waals surface area contributed by atoms with Crippen molar-refractivity contribution in [3.05, 3.63) is 28.6 Å². The predicted octanol–water partition coefficient (Wildman–Crippen LogP) is 3.02. The molecule has 0 bridgehead atoms. The van der Waals surface area contributed by atoms with Crippen LogP contribution in [0.4, 0.5) is 4.39 Å². The number of benzene rings is 1. The van der Waals surface area contributed by atoms with Gasteiger partial charge >= 0.3 is 5.97 Å². The summed E-state index contributed by atoms with van der Waals surface area (Å²) in [5.41, 5.74) is 1.20. The standard InChI is InChI=1S/C15H19FO4/c1-8(2)15(19-3)20-12-7-11(14(17)18)9-5-4-6-10(9)13(12)16/h7-8,15H,4-6H2,1-3H3,(H,17,18). The lowest BCUT2D eigenvalue weighted by atomic mass is 10.0. The van der Waals surface area contributed by atoms with E-state index in [1.165, 1.54) is 13.2 Å². The van der Waals surface area contributed by atoms with Crippen LogP contribution in [0.5, 0.6) is 5.75 Å². The van der Waals surface area contributed by atoms with E-state index in [1.54, 1.807) is 0 Å². The number of hydrogen-bond donors (Lipinski definition) is 1. The zero-order valence-corrected chi connectivity index (χ0v) is 11.9. The smallest absolute Gasteiger partial charge is 0.336 e. The van der Waals surface area contributed by atoms with Crippen molar-refractivity contribution in [3.8, 4) is 5.75 Å². The molecule has 1 aromatic rings. The summed E-state index contributed by atoms with van der Waals surface area (Å²) in [6, 6.07) is 1.27. The Hall–Kier alpha value is -1.62. The summed E-state index contributed by atoms with van der Waals surface area (Å²) in [5, 5.41) is 9.26. The summed E-state index contributed by atoms with van der Waals surface area (Å²) in [5.74, 6) is -1.51. The number of fused-ring (bicyclic) bond motifs is 1. The molecular weight excluding hydrogens is 263 g/mol. The van der Waals surface area contributed by atoms with Crippen molar-refractivity contribution in [2.75, 3.05) is 7.11 Å². The van der Waals surface area contributed by atoms with Crippen LogP contribution in [0.2, 0.25) is 0 Å². The van der Waals surface area contributed by atoms with E-state index in [9.17, 15) is 14.3 Å². The Balaban J connectivity index is 2.44. The van der Waals surface area contributed by atoms with Gasteiger partial charge in [-0.05, 0) is 36.5 Å². The second-order valence-corrected chi connectivity index (χ2v) is 5.32. The lowest BCUT2D eigenvalue weighted by Gasteiger charge is -2.22. The Labute approximate surface area is 117 Å². The maximum atomic E-state index is 14.4. The topological polar surface area (TPSA) is 55.8 Å². The quantitative estimate of drug-likeness (QED) is 0.843. The molecule has 0 saturated carbocycles. The average Bonchev–Trinajstić information content (AvgIpc) is 2.86. The summed E-state index contributed by atoms with van der Waals surface area (Å²) < 4.78 is 25.1. The largest absolute Gasteiger partial charge is 0.478 e. The van der Waals surface area contributed by atoms with Crippen molar-refractivity contribution >= 4 is 5.97 Å². The zero-order chi connectivity index (χ0) is 14.9. The monoisotopic (exact) mass is 282 g/mol. The minimum absolute atomic E-state index is 0.0286. The van der Waals surface area contributed by atoms with Crippen molar-refractivity contribution in [2.45, 2.75) is 39.4 Å². The van der Waals surface area contributed by atoms with Gasteiger partial charge < -0.3 is 14.6 Å². The molecular formula is C15H19FO4. The lowest BCUT2D eigenvalue weighted by Crippen LogP contribution is -2.26. The number of halogens is 1. The van der Waals surface area contributed by atoms with Gasteiger partial charge in [-0.25, -0.2) is 9.18 Å². The van der Waals surface area contributed by atoms with Crippen molar-refractivity contribution < 1.29 is 23.8 Å². The Kier molecular flexibility index (Phi) is 4.28.